The van der Waals surface area contributed by atoms with Gasteiger partial charge < -0.3 is 5.11 Å². The third-order valence-electron chi connectivity index (χ3n) is 2.15. The zero-order valence-corrected chi connectivity index (χ0v) is 6.83. The highest BCUT2D eigenvalue weighted by molar-refractivity contribution is 5.87. The van der Waals surface area contributed by atoms with Crippen molar-refractivity contribution >= 4 is 5.97 Å². The molecule has 1 aromatic rings. The molecule has 0 spiro atoms. The van der Waals surface area contributed by atoms with Crippen LogP contribution >= 0.6 is 0 Å². The monoisotopic (exact) mass is 181 g/mol. The van der Waals surface area contributed by atoms with Crippen LogP contribution in [-0.2, 0) is 5.67 Å². The minimum atomic E-state index is -1.36. The van der Waals surface area contributed by atoms with Crippen molar-refractivity contribution < 1.29 is 14.3 Å². The van der Waals surface area contributed by atoms with Crippen LogP contribution in [0, 0.1) is 0 Å². The van der Waals surface area contributed by atoms with E-state index in [-0.39, 0.29) is 11.3 Å². The number of carbonyl (C=O) groups is 1. The van der Waals surface area contributed by atoms with Gasteiger partial charge in [-0.2, -0.15) is 0 Å². The first-order valence-corrected chi connectivity index (χ1v) is 4.00. The van der Waals surface area contributed by atoms with Gasteiger partial charge in [-0.15, -0.1) is 0 Å². The molecule has 0 saturated heterocycles. The average Bonchev–Trinajstić information content (AvgIpc) is 2.85. The molecule has 0 unspecified atom stereocenters. The second kappa shape index (κ2) is 2.52. The molecule has 68 valence electrons. The zero-order chi connectivity index (χ0) is 9.47. The molecule has 1 heterocycles. The van der Waals surface area contributed by atoms with Crippen molar-refractivity contribution in [3.63, 3.8) is 0 Å². The van der Waals surface area contributed by atoms with Gasteiger partial charge >= 0.3 is 5.97 Å². The van der Waals surface area contributed by atoms with Crippen molar-refractivity contribution in [2.24, 2.45) is 0 Å². The molecular formula is C9H8FNO2. The lowest BCUT2D eigenvalue weighted by Crippen LogP contribution is -2.04. The zero-order valence-electron chi connectivity index (χ0n) is 6.83. The fourth-order valence-corrected chi connectivity index (χ4v) is 1.17. The standard InChI is InChI=1S/C9H8FNO2/c10-9(2-3-9)7-5-6(8(12)13)1-4-11-7/h1,4-5H,2-3H2,(H,12,13). The van der Waals surface area contributed by atoms with Gasteiger partial charge in [0, 0.05) is 6.20 Å². The minimum absolute atomic E-state index is 0.0916. The fourth-order valence-electron chi connectivity index (χ4n) is 1.17. The molecule has 0 radical (unpaired) electrons. The molecule has 3 nitrogen and oxygen atoms in total. The third kappa shape index (κ3) is 1.39. The first-order valence-electron chi connectivity index (χ1n) is 4.00. The Morgan fingerprint density at radius 3 is 2.85 bits per heavy atom. The molecule has 2 rings (SSSR count). The molecule has 1 aliphatic rings. The molecule has 1 aliphatic carbocycles. The highest BCUT2D eigenvalue weighted by atomic mass is 19.1. The Morgan fingerprint density at radius 1 is 1.62 bits per heavy atom. The van der Waals surface area contributed by atoms with Gasteiger partial charge in [-0.05, 0) is 25.0 Å². The average molecular weight is 181 g/mol. The summed E-state index contributed by atoms with van der Waals surface area (Å²) in [5.41, 5.74) is -1.02. The molecule has 0 amide bonds. The van der Waals surface area contributed by atoms with E-state index >= 15 is 0 Å². The van der Waals surface area contributed by atoms with E-state index in [1.165, 1.54) is 18.3 Å². The lowest BCUT2D eigenvalue weighted by Gasteiger charge is -2.03. The molecule has 0 aromatic carbocycles. The maximum absolute atomic E-state index is 13.4. The molecule has 13 heavy (non-hydrogen) atoms. The van der Waals surface area contributed by atoms with Crippen LogP contribution in [0.25, 0.3) is 0 Å². The van der Waals surface area contributed by atoms with Crippen LogP contribution in [0.4, 0.5) is 4.39 Å². The van der Waals surface area contributed by atoms with Crippen LogP contribution in [0.15, 0.2) is 18.3 Å². The summed E-state index contributed by atoms with van der Waals surface area (Å²) in [4.78, 5) is 14.4. The largest absolute Gasteiger partial charge is 0.478 e. The number of rotatable bonds is 2. The summed E-state index contributed by atoms with van der Waals surface area (Å²) in [6, 6.07) is 2.66. The van der Waals surface area contributed by atoms with Gasteiger partial charge in [0.1, 0.15) is 0 Å². The first kappa shape index (κ1) is 8.16. The third-order valence-corrected chi connectivity index (χ3v) is 2.15. The van der Waals surface area contributed by atoms with Crippen LogP contribution in [0.3, 0.4) is 0 Å². The number of carboxylic acid groups (broad SMARTS) is 1. The summed E-state index contributed by atoms with van der Waals surface area (Å²) < 4.78 is 13.4. The topological polar surface area (TPSA) is 50.2 Å². The van der Waals surface area contributed by atoms with Crippen molar-refractivity contribution in [3.8, 4) is 0 Å². The first-order chi connectivity index (χ1) is 6.12. The Bertz CT molecular complexity index is 360. The Labute approximate surface area is 74.2 Å². The number of nitrogens with zero attached hydrogens (tertiary/aromatic N) is 1. The molecule has 0 atom stereocenters. The maximum Gasteiger partial charge on any atom is 0.335 e. The van der Waals surface area contributed by atoms with E-state index in [1.54, 1.807) is 0 Å². The maximum atomic E-state index is 13.4. The van der Waals surface area contributed by atoms with Gasteiger partial charge in [-0.3, -0.25) is 4.98 Å². The van der Waals surface area contributed by atoms with Gasteiger partial charge in [-0.25, -0.2) is 9.18 Å². The van der Waals surface area contributed by atoms with Crippen molar-refractivity contribution in [3.05, 3.63) is 29.6 Å². The van der Waals surface area contributed by atoms with Crippen LogP contribution in [0.1, 0.15) is 28.9 Å². The number of carboxylic acids is 1. The lowest BCUT2D eigenvalue weighted by molar-refractivity contribution is 0.0696. The summed E-state index contributed by atoms with van der Waals surface area (Å²) in [6.07, 6.45) is 2.23. The molecule has 1 N–H and O–H groups in total. The van der Waals surface area contributed by atoms with Crippen LogP contribution < -0.4 is 0 Å². The molecule has 1 fully saturated rings. The van der Waals surface area contributed by atoms with Gasteiger partial charge in [0.2, 0.25) is 0 Å². The van der Waals surface area contributed by atoms with Gasteiger partial charge in [0.15, 0.2) is 5.67 Å². The smallest absolute Gasteiger partial charge is 0.335 e. The van der Waals surface area contributed by atoms with E-state index in [9.17, 15) is 9.18 Å². The normalized spacial score (nSPS) is 18.2. The number of alkyl halides is 1. The van der Waals surface area contributed by atoms with Gasteiger partial charge in [0.25, 0.3) is 0 Å². The van der Waals surface area contributed by atoms with Gasteiger partial charge in [-0.1, -0.05) is 0 Å². The predicted octanol–water partition coefficient (Wildman–Crippen LogP) is 1.74. The second-order valence-electron chi connectivity index (χ2n) is 3.20. The van der Waals surface area contributed by atoms with Crippen molar-refractivity contribution in [1.29, 1.82) is 0 Å². The molecule has 0 bridgehead atoms. The van der Waals surface area contributed by atoms with Crippen molar-refractivity contribution in [2.75, 3.05) is 0 Å². The van der Waals surface area contributed by atoms with Crippen LogP contribution in [-0.4, -0.2) is 16.1 Å². The number of hydrogen-bond acceptors (Lipinski definition) is 2. The Morgan fingerprint density at radius 2 is 2.31 bits per heavy atom. The number of hydrogen-bond donors (Lipinski definition) is 1. The van der Waals surface area contributed by atoms with E-state index in [0.717, 1.165) is 0 Å². The Hall–Kier alpha value is -1.45. The summed E-state index contributed by atoms with van der Waals surface area (Å²) >= 11 is 0. The van der Waals surface area contributed by atoms with Crippen LogP contribution in [0.5, 0.6) is 0 Å². The number of pyridine rings is 1. The highest BCUT2D eigenvalue weighted by Gasteiger charge is 2.46. The predicted molar refractivity (Wildman–Crippen MR) is 43.2 cm³/mol. The number of halogens is 1. The Kier molecular flexibility index (Phi) is 1.58. The SMILES string of the molecule is O=C(O)c1ccnc(C2(F)CC2)c1. The van der Waals surface area contributed by atoms with Crippen LogP contribution in [0.2, 0.25) is 0 Å². The van der Waals surface area contributed by atoms with Crippen molar-refractivity contribution in [1.82, 2.24) is 4.98 Å². The van der Waals surface area contributed by atoms with E-state index in [2.05, 4.69) is 4.98 Å². The van der Waals surface area contributed by atoms with Crippen molar-refractivity contribution in [2.45, 2.75) is 18.5 Å². The van der Waals surface area contributed by atoms with Gasteiger partial charge in [0.05, 0.1) is 11.3 Å². The highest BCUT2D eigenvalue weighted by Crippen LogP contribution is 2.48. The molecule has 1 saturated carbocycles. The molecule has 0 aliphatic heterocycles. The number of aromatic carboxylic acids is 1. The lowest BCUT2D eigenvalue weighted by atomic mass is 10.1. The summed E-state index contributed by atoms with van der Waals surface area (Å²) in [5.74, 6) is -1.05. The Balaban J connectivity index is 2.38. The molecular weight excluding hydrogens is 173 g/mol. The van der Waals surface area contributed by atoms with E-state index in [1.807, 2.05) is 0 Å². The van der Waals surface area contributed by atoms with E-state index < -0.39 is 11.6 Å². The summed E-state index contributed by atoms with van der Waals surface area (Å²) in [6.45, 7) is 0. The molecule has 4 heteroatoms. The summed E-state index contributed by atoms with van der Waals surface area (Å²) in [7, 11) is 0. The number of aromatic nitrogens is 1. The quantitative estimate of drug-likeness (QED) is 0.755. The minimum Gasteiger partial charge on any atom is -0.478 e. The summed E-state index contributed by atoms with van der Waals surface area (Å²) in [5, 5.41) is 8.65. The molecule has 1 aromatic heterocycles. The fraction of sp³-hybridized carbons (Fsp3) is 0.333. The van der Waals surface area contributed by atoms with E-state index in [0.29, 0.717) is 12.8 Å². The second-order valence-corrected chi connectivity index (χ2v) is 3.20. The van der Waals surface area contributed by atoms with E-state index in [4.69, 9.17) is 5.11 Å².